The van der Waals surface area contributed by atoms with Gasteiger partial charge in [-0.1, -0.05) is 12.1 Å². The number of guanidine groups is 1. The molecule has 4 nitrogen and oxygen atoms in total. The molecule has 0 aromatic heterocycles. The lowest BCUT2D eigenvalue weighted by Crippen LogP contribution is -2.37. The van der Waals surface area contributed by atoms with Gasteiger partial charge in [-0.3, -0.25) is 15.8 Å². The number of nitrogens with zero attached hydrogens (tertiary/aromatic N) is 1. The van der Waals surface area contributed by atoms with E-state index in [0.29, 0.717) is 0 Å². The highest BCUT2D eigenvalue weighted by atomic mass is 15.4. The molecule has 0 fully saturated rings. The molecule has 1 aromatic carbocycles. The Bertz CT molecular complexity index is 384. The minimum absolute atomic E-state index is 0.816. The highest BCUT2D eigenvalue weighted by molar-refractivity contribution is 5.82. The molecule has 4 heteroatoms. The van der Waals surface area contributed by atoms with Gasteiger partial charge in [0.15, 0.2) is 0 Å². The van der Waals surface area contributed by atoms with Crippen molar-refractivity contribution in [1.29, 1.82) is 0 Å². The van der Waals surface area contributed by atoms with Gasteiger partial charge in [0.2, 0.25) is 5.96 Å². The van der Waals surface area contributed by atoms with Crippen molar-refractivity contribution in [2.24, 2.45) is 4.99 Å². The van der Waals surface area contributed by atoms with Gasteiger partial charge in [0.25, 0.3) is 0 Å². The number of hydrazine groups is 1. The van der Waals surface area contributed by atoms with Gasteiger partial charge in [0.1, 0.15) is 0 Å². The highest BCUT2D eigenvalue weighted by Crippen LogP contribution is 2.16. The lowest BCUT2D eigenvalue weighted by Gasteiger charge is -2.13. The van der Waals surface area contributed by atoms with E-state index in [1.54, 1.807) is 0 Å². The summed E-state index contributed by atoms with van der Waals surface area (Å²) in [5, 5.41) is 3.14. The van der Waals surface area contributed by atoms with E-state index in [4.69, 9.17) is 0 Å². The molecule has 0 radical (unpaired) electrons. The molecule has 3 N–H and O–H groups in total. The smallest absolute Gasteiger partial charge is 0.210 e. The summed E-state index contributed by atoms with van der Waals surface area (Å²) in [5.74, 6) is 0.816. The van der Waals surface area contributed by atoms with Crippen LogP contribution in [0.25, 0.3) is 0 Å². The van der Waals surface area contributed by atoms with Gasteiger partial charge in [-0.15, -0.1) is 0 Å². The molecular formula is C11H16N4. The van der Waals surface area contributed by atoms with Crippen LogP contribution in [0.5, 0.6) is 0 Å². The zero-order valence-electron chi connectivity index (χ0n) is 9.09. The van der Waals surface area contributed by atoms with Crippen molar-refractivity contribution >= 4 is 11.6 Å². The summed E-state index contributed by atoms with van der Waals surface area (Å²) < 4.78 is 0. The second kappa shape index (κ2) is 4.21. The Morgan fingerprint density at radius 3 is 2.87 bits per heavy atom. The Labute approximate surface area is 89.8 Å². The van der Waals surface area contributed by atoms with Crippen LogP contribution in [0.3, 0.4) is 0 Å². The number of anilines is 1. The maximum absolute atomic E-state index is 4.23. The van der Waals surface area contributed by atoms with Crippen LogP contribution in [0, 0.1) is 13.8 Å². The normalized spacial score (nSPS) is 14.4. The van der Waals surface area contributed by atoms with Crippen molar-refractivity contribution in [3.05, 3.63) is 29.3 Å². The summed E-state index contributed by atoms with van der Waals surface area (Å²) >= 11 is 0. The summed E-state index contributed by atoms with van der Waals surface area (Å²) in [7, 11) is 0. The Hall–Kier alpha value is -1.71. The lowest BCUT2D eigenvalue weighted by molar-refractivity contribution is 0.936. The van der Waals surface area contributed by atoms with E-state index in [1.807, 2.05) is 12.1 Å². The van der Waals surface area contributed by atoms with Gasteiger partial charge in [-0.05, 0) is 31.0 Å². The third-order valence-electron chi connectivity index (χ3n) is 2.59. The highest BCUT2D eigenvalue weighted by Gasteiger charge is 2.04. The van der Waals surface area contributed by atoms with E-state index in [2.05, 4.69) is 41.1 Å². The van der Waals surface area contributed by atoms with Crippen LogP contribution in [0.2, 0.25) is 0 Å². The number of hydrogen-bond acceptors (Lipinski definition) is 4. The van der Waals surface area contributed by atoms with E-state index in [9.17, 15) is 0 Å². The number of hydrogen-bond donors (Lipinski definition) is 3. The molecule has 2 rings (SSSR count). The number of nitrogens with one attached hydrogen (secondary N) is 3. The lowest BCUT2D eigenvalue weighted by atomic mass is 10.1. The molecule has 0 atom stereocenters. The van der Waals surface area contributed by atoms with Crippen molar-refractivity contribution in [2.75, 3.05) is 18.5 Å². The van der Waals surface area contributed by atoms with E-state index in [-0.39, 0.29) is 0 Å². The minimum Gasteiger partial charge on any atom is -0.353 e. The van der Waals surface area contributed by atoms with Crippen LogP contribution in [0.4, 0.5) is 5.69 Å². The Morgan fingerprint density at radius 2 is 2.13 bits per heavy atom. The third-order valence-corrected chi connectivity index (χ3v) is 2.59. The summed E-state index contributed by atoms with van der Waals surface area (Å²) in [6, 6.07) is 6.19. The zero-order chi connectivity index (χ0) is 10.7. The Balaban J connectivity index is 2.01. The van der Waals surface area contributed by atoms with Crippen molar-refractivity contribution < 1.29 is 0 Å². The molecule has 1 aliphatic rings. The molecule has 1 aromatic rings. The van der Waals surface area contributed by atoms with Crippen LogP contribution in [-0.2, 0) is 0 Å². The average molecular weight is 204 g/mol. The number of rotatable bonds is 2. The topological polar surface area (TPSA) is 48.5 Å². The van der Waals surface area contributed by atoms with Gasteiger partial charge in [0.05, 0.1) is 12.2 Å². The predicted octanol–water partition coefficient (Wildman–Crippen LogP) is 1.18. The van der Waals surface area contributed by atoms with Crippen molar-refractivity contribution in [2.45, 2.75) is 13.8 Å². The van der Waals surface area contributed by atoms with Gasteiger partial charge >= 0.3 is 0 Å². The second-order valence-electron chi connectivity index (χ2n) is 3.65. The predicted molar refractivity (Wildman–Crippen MR) is 63.0 cm³/mol. The maximum Gasteiger partial charge on any atom is 0.210 e. The van der Waals surface area contributed by atoms with Gasteiger partial charge in [-0.2, -0.15) is 0 Å². The third kappa shape index (κ3) is 2.21. The first kappa shape index (κ1) is 9.83. The molecule has 0 saturated heterocycles. The molecule has 80 valence electrons. The van der Waals surface area contributed by atoms with Crippen LogP contribution in [0.15, 0.2) is 23.2 Å². The SMILES string of the molecule is Cc1cccc(NNC2=NCCN2)c1C. The van der Waals surface area contributed by atoms with Gasteiger partial charge < -0.3 is 5.32 Å². The minimum atomic E-state index is 0.816. The maximum atomic E-state index is 4.23. The first-order valence-corrected chi connectivity index (χ1v) is 5.14. The summed E-state index contributed by atoms with van der Waals surface area (Å²) in [5.41, 5.74) is 9.83. The van der Waals surface area contributed by atoms with E-state index < -0.39 is 0 Å². The van der Waals surface area contributed by atoms with E-state index >= 15 is 0 Å². The molecule has 0 aliphatic carbocycles. The van der Waals surface area contributed by atoms with E-state index in [0.717, 1.165) is 24.7 Å². The van der Waals surface area contributed by atoms with Crippen molar-refractivity contribution in [3.63, 3.8) is 0 Å². The quantitative estimate of drug-likeness (QED) is 0.634. The van der Waals surface area contributed by atoms with E-state index in [1.165, 1.54) is 11.1 Å². The second-order valence-corrected chi connectivity index (χ2v) is 3.65. The molecular weight excluding hydrogens is 188 g/mol. The molecule has 0 saturated carbocycles. The standard InChI is InChI=1S/C11H16N4/c1-8-4-3-5-10(9(8)2)14-15-11-12-6-7-13-11/h3-5,14H,6-7H2,1-2H3,(H2,12,13,15). The number of aliphatic imine (C=N–C) groups is 1. The molecule has 1 heterocycles. The van der Waals surface area contributed by atoms with Gasteiger partial charge in [-0.25, -0.2) is 0 Å². The molecule has 1 aliphatic heterocycles. The fourth-order valence-electron chi connectivity index (χ4n) is 1.49. The van der Waals surface area contributed by atoms with Crippen LogP contribution >= 0.6 is 0 Å². The molecule has 0 unspecified atom stereocenters. The molecule has 15 heavy (non-hydrogen) atoms. The van der Waals surface area contributed by atoms with Crippen LogP contribution in [0.1, 0.15) is 11.1 Å². The number of benzene rings is 1. The Kier molecular flexibility index (Phi) is 2.76. The molecule has 0 spiro atoms. The molecule has 0 amide bonds. The Morgan fingerprint density at radius 1 is 1.27 bits per heavy atom. The average Bonchev–Trinajstić information content (AvgIpc) is 2.73. The van der Waals surface area contributed by atoms with Gasteiger partial charge in [0, 0.05) is 6.54 Å². The van der Waals surface area contributed by atoms with Crippen molar-refractivity contribution in [1.82, 2.24) is 10.7 Å². The monoisotopic (exact) mass is 204 g/mol. The summed E-state index contributed by atoms with van der Waals surface area (Å²) in [6.45, 7) is 5.96. The fourth-order valence-corrected chi connectivity index (χ4v) is 1.49. The zero-order valence-corrected chi connectivity index (χ0v) is 9.09. The first-order chi connectivity index (χ1) is 7.27. The largest absolute Gasteiger partial charge is 0.353 e. The van der Waals surface area contributed by atoms with Crippen LogP contribution < -0.4 is 16.2 Å². The fraction of sp³-hybridized carbons (Fsp3) is 0.364. The summed E-state index contributed by atoms with van der Waals surface area (Å²) in [6.07, 6.45) is 0. The van der Waals surface area contributed by atoms with Crippen molar-refractivity contribution in [3.8, 4) is 0 Å². The molecule has 0 bridgehead atoms. The number of aryl methyl sites for hydroxylation is 1. The first-order valence-electron chi connectivity index (χ1n) is 5.14. The van der Waals surface area contributed by atoms with Crippen LogP contribution in [-0.4, -0.2) is 19.0 Å². The summed E-state index contributed by atoms with van der Waals surface area (Å²) in [4.78, 5) is 4.23.